The number of hydrogen-bond donors (Lipinski definition) is 0. The maximum Gasteiger partial charge on any atom is 0.293 e. The smallest absolute Gasteiger partial charge is 0.293 e. The lowest BCUT2D eigenvalue weighted by atomic mass is 9.99. The molecule has 2 aromatic carbocycles. The molecule has 1 heterocycles. The molecule has 1 aromatic heterocycles. The molecule has 0 saturated heterocycles. The van der Waals surface area contributed by atoms with Crippen LogP contribution in [0.1, 0.15) is 5.69 Å². The zero-order valence-corrected chi connectivity index (χ0v) is 12.9. The largest absolute Gasteiger partial charge is 0.497 e. The molecule has 3 rings (SSSR count). The summed E-state index contributed by atoms with van der Waals surface area (Å²) in [4.78, 5) is 15.0. The number of carbonyl (C=O) groups excluding carboxylic acids is 1. The van der Waals surface area contributed by atoms with E-state index in [0.29, 0.717) is 19.5 Å². The van der Waals surface area contributed by atoms with Crippen molar-refractivity contribution in [1.82, 2.24) is 4.98 Å². The zero-order chi connectivity index (χ0) is 16.1. The van der Waals surface area contributed by atoms with Crippen LogP contribution in [0.3, 0.4) is 0 Å². The molecule has 0 aliphatic rings. The van der Waals surface area contributed by atoms with E-state index < -0.39 is 0 Å². The number of methoxy groups -OCH3 is 1. The van der Waals surface area contributed by atoms with E-state index in [4.69, 9.17) is 9.47 Å². The monoisotopic (exact) mass is 307 g/mol. The minimum Gasteiger partial charge on any atom is -0.497 e. The third-order valence-corrected chi connectivity index (χ3v) is 3.70. The second-order valence-corrected chi connectivity index (χ2v) is 5.13. The zero-order valence-electron chi connectivity index (χ0n) is 12.9. The van der Waals surface area contributed by atoms with Gasteiger partial charge in [0, 0.05) is 17.5 Å². The van der Waals surface area contributed by atoms with Gasteiger partial charge in [0.05, 0.1) is 19.2 Å². The molecule has 23 heavy (non-hydrogen) atoms. The number of rotatable bonds is 6. The first kappa shape index (κ1) is 15.0. The predicted molar refractivity (Wildman–Crippen MR) is 89.5 cm³/mol. The molecule has 0 aliphatic carbocycles. The summed E-state index contributed by atoms with van der Waals surface area (Å²) < 4.78 is 10.1. The number of carbonyl (C=O) groups is 1. The topological polar surface area (TPSA) is 48.4 Å². The number of nitrogens with zero attached hydrogens (tertiary/aromatic N) is 1. The number of benzene rings is 2. The Morgan fingerprint density at radius 1 is 1.09 bits per heavy atom. The molecule has 0 bridgehead atoms. The normalized spacial score (nSPS) is 10.5. The quantitative estimate of drug-likeness (QED) is 0.515. The third kappa shape index (κ3) is 3.31. The van der Waals surface area contributed by atoms with Gasteiger partial charge in [-0.3, -0.25) is 9.78 Å². The van der Waals surface area contributed by atoms with Crippen LogP contribution in [0.25, 0.3) is 22.0 Å². The lowest BCUT2D eigenvalue weighted by Crippen LogP contribution is -2.00. The van der Waals surface area contributed by atoms with Crippen molar-refractivity contribution in [2.45, 2.75) is 6.42 Å². The van der Waals surface area contributed by atoms with Gasteiger partial charge in [0.2, 0.25) is 0 Å². The number of fused-ring (bicyclic) bond motifs is 1. The maximum atomic E-state index is 10.3. The molecule has 0 atom stereocenters. The van der Waals surface area contributed by atoms with Crippen molar-refractivity contribution in [3.8, 4) is 16.9 Å². The van der Waals surface area contributed by atoms with Gasteiger partial charge in [-0.05, 0) is 35.4 Å². The van der Waals surface area contributed by atoms with Gasteiger partial charge in [-0.15, -0.1) is 0 Å². The Hall–Kier alpha value is -2.88. The molecule has 0 fully saturated rings. The number of aromatic nitrogens is 1. The molecule has 4 nitrogen and oxygen atoms in total. The highest BCUT2D eigenvalue weighted by Gasteiger charge is 2.09. The van der Waals surface area contributed by atoms with Crippen molar-refractivity contribution < 1.29 is 14.3 Å². The summed E-state index contributed by atoms with van der Waals surface area (Å²) in [6.45, 7) is 0.788. The second kappa shape index (κ2) is 6.92. The predicted octanol–water partition coefficient (Wildman–Crippen LogP) is 3.63. The van der Waals surface area contributed by atoms with E-state index in [2.05, 4.69) is 17.1 Å². The van der Waals surface area contributed by atoms with E-state index in [0.717, 1.165) is 33.5 Å². The van der Waals surface area contributed by atoms with Gasteiger partial charge in [-0.1, -0.05) is 30.3 Å². The van der Waals surface area contributed by atoms with Crippen molar-refractivity contribution >= 4 is 17.4 Å². The maximum absolute atomic E-state index is 10.3. The van der Waals surface area contributed by atoms with Gasteiger partial charge in [0.1, 0.15) is 5.75 Å². The van der Waals surface area contributed by atoms with E-state index in [9.17, 15) is 4.79 Å². The molecule has 0 unspecified atom stereocenters. The molecule has 116 valence electrons. The average Bonchev–Trinajstić information content (AvgIpc) is 2.61. The second-order valence-electron chi connectivity index (χ2n) is 5.13. The van der Waals surface area contributed by atoms with Crippen LogP contribution in [0.5, 0.6) is 5.75 Å². The van der Waals surface area contributed by atoms with Crippen molar-refractivity contribution in [1.29, 1.82) is 0 Å². The molecule has 0 aliphatic heterocycles. The first-order valence-electron chi connectivity index (χ1n) is 7.40. The standard InChI is InChI=1S/C19H17NO3/c1-22-16-7-8-19-18(12-16)17(14-5-3-2-4-6-14)11-15(20-19)9-10-23-13-21/h2-8,11-13H,9-10H2,1H3. The Bertz CT molecular complexity index is 815. The first-order chi connectivity index (χ1) is 11.3. The Labute approximate surface area is 134 Å². The average molecular weight is 307 g/mol. The fourth-order valence-corrected chi connectivity index (χ4v) is 2.58. The summed E-state index contributed by atoms with van der Waals surface area (Å²) in [6, 6.07) is 18.0. The summed E-state index contributed by atoms with van der Waals surface area (Å²) in [5.41, 5.74) is 4.00. The number of ether oxygens (including phenoxy) is 2. The van der Waals surface area contributed by atoms with Crippen LogP contribution in [0.2, 0.25) is 0 Å². The molecule has 0 saturated carbocycles. The van der Waals surface area contributed by atoms with Crippen LogP contribution in [0.4, 0.5) is 0 Å². The lowest BCUT2D eigenvalue weighted by Gasteiger charge is -2.11. The van der Waals surface area contributed by atoms with Gasteiger partial charge in [-0.25, -0.2) is 0 Å². The van der Waals surface area contributed by atoms with E-state index in [1.165, 1.54) is 0 Å². The fourth-order valence-electron chi connectivity index (χ4n) is 2.58. The van der Waals surface area contributed by atoms with E-state index in [1.54, 1.807) is 7.11 Å². The van der Waals surface area contributed by atoms with Crippen molar-refractivity contribution in [2.24, 2.45) is 0 Å². The van der Waals surface area contributed by atoms with E-state index >= 15 is 0 Å². The van der Waals surface area contributed by atoms with Crippen molar-refractivity contribution in [2.75, 3.05) is 13.7 Å². The molecule has 4 heteroatoms. The first-order valence-corrected chi connectivity index (χ1v) is 7.40. The number of pyridine rings is 1. The Kier molecular flexibility index (Phi) is 4.52. The Balaban J connectivity index is 2.13. The van der Waals surface area contributed by atoms with Crippen LogP contribution in [0.15, 0.2) is 54.6 Å². The number of hydrogen-bond acceptors (Lipinski definition) is 4. The molecule has 0 radical (unpaired) electrons. The van der Waals surface area contributed by atoms with Gasteiger partial charge >= 0.3 is 0 Å². The minimum atomic E-state index is 0.326. The molecule has 0 amide bonds. The highest BCUT2D eigenvalue weighted by atomic mass is 16.5. The van der Waals surface area contributed by atoms with Crippen LogP contribution in [-0.4, -0.2) is 25.2 Å². The third-order valence-electron chi connectivity index (χ3n) is 3.70. The molecular weight excluding hydrogens is 290 g/mol. The van der Waals surface area contributed by atoms with Gasteiger partial charge in [0.25, 0.3) is 6.47 Å². The van der Waals surface area contributed by atoms with E-state index in [-0.39, 0.29) is 0 Å². The fraction of sp³-hybridized carbons (Fsp3) is 0.158. The SMILES string of the molecule is COc1ccc2nc(CCOC=O)cc(-c3ccccc3)c2c1. The summed E-state index contributed by atoms with van der Waals surface area (Å²) in [6.07, 6.45) is 0.584. The highest BCUT2D eigenvalue weighted by Crippen LogP contribution is 2.31. The van der Waals surface area contributed by atoms with Crippen LogP contribution < -0.4 is 4.74 Å². The summed E-state index contributed by atoms with van der Waals surface area (Å²) in [7, 11) is 1.65. The Morgan fingerprint density at radius 3 is 2.65 bits per heavy atom. The van der Waals surface area contributed by atoms with Gasteiger partial charge in [0.15, 0.2) is 0 Å². The molecule has 0 N–H and O–H groups in total. The summed E-state index contributed by atoms with van der Waals surface area (Å²) in [5, 5.41) is 1.04. The van der Waals surface area contributed by atoms with Gasteiger partial charge in [-0.2, -0.15) is 0 Å². The summed E-state index contributed by atoms with van der Waals surface area (Å²) >= 11 is 0. The molecule has 0 spiro atoms. The lowest BCUT2D eigenvalue weighted by molar-refractivity contribution is -0.128. The summed E-state index contributed by atoms with van der Waals surface area (Å²) in [5.74, 6) is 0.800. The Morgan fingerprint density at radius 2 is 1.91 bits per heavy atom. The molecule has 3 aromatic rings. The van der Waals surface area contributed by atoms with Crippen LogP contribution >= 0.6 is 0 Å². The van der Waals surface area contributed by atoms with Gasteiger partial charge < -0.3 is 9.47 Å². The van der Waals surface area contributed by atoms with Crippen molar-refractivity contribution in [3.63, 3.8) is 0 Å². The van der Waals surface area contributed by atoms with Crippen LogP contribution in [-0.2, 0) is 16.0 Å². The highest BCUT2D eigenvalue weighted by molar-refractivity contribution is 5.95. The minimum absolute atomic E-state index is 0.326. The van der Waals surface area contributed by atoms with E-state index in [1.807, 2.05) is 42.5 Å². The van der Waals surface area contributed by atoms with Crippen LogP contribution in [0, 0.1) is 0 Å². The molecular formula is C19H17NO3. The van der Waals surface area contributed by atoms with Crippen molar-refractivity contribution in [3.05, 3.63) is 60.3 Å².